The summed E-state index contributed by atoms with van der Waals surface area (Å²) in [5, 5.41) is 16.3. The molecule has 4 aromatic heterocycles. The van der Waals surface area contributed by atoms with Gasteiger partial charge in [0.25, 0.3) is 0 Å². The Balaban J connectivity index is 1.55. The maximum absolute atomic E-state index is 5.75. The van der Waals surface area contributed by atoms with Crippen LogP contribution in [0.5, 0.6) is 0 Å². The largest absolute Gasteiger partial charge is 0.379 e. The molecule has 0 aliphatic carbocycles. The van der Waals surface area contributed by atoms with E-state index in [-0.39, 0.29) is 12.1 Å². The van der Waals surface area contributed by atoms with Crippen molar-refractivity contribution in [3.8, 4) is 27.8 Å². The number of thiazole rings is 1. The summed E-state index contributed by atoms with van der Waals surface area (Å²) in [7, 11) is 1.90. The molecule has 0 aromatic carbocycles. The summed E-state index contributed by atoms with van der Waals surface area (Å²) >= 11 is 1.56. The number of ether oxygens (including phenoxy) is 1. The monoisotopic (exact) mass is 449 g/mol. The van der Waals surface area contributed by atoms with Gasteiger partial charge in [0.1, 0.15) is 22.2 Å². The predicted molar refractivity (Wildman–Crippen MR) is 120 cm³/mol. The van der Waals surface area contributed by atoms with E-state index in [4.69, 9.17) is 14.7 Å². The summed E-state index contributed by atoms with van der Waals surface area (Å²) in [5.74, 6) is 3.30. The van der Waals surface area contributed by atoms with Crippen LogP contribution in [0.4, 0.5) is 5.82 Å². The Labute approximate surface area is 188 Å². The van der Waals surface area contributed by atoms with Crippen LogP contribution in [0.1, 0.15) is 37.5 Å². The first-order chi connectivity index (χ1) is 15.7. The average Bonchev–Trinajstić information content (AvgIpc) is 3.59. The van der Waals surface area contributed by atoms with Crippen LogP contribution in [0.25, 0.3) is 27.8 Å². The summed E-state index contributed by atoms with van der Waals surface area (Å²) in [5.41, 5.74) is 2.57. The molecule has 0 bridgehead atoms. The van der Waals surface area contributed by atoms with Crippen molar-refractivity contribution in [2.24, 2.45) is 7.05 Å². The van der Waals surface area contributed by atoms with Crippen LogP contribution in [-0.4, -0.2) is 58.8 Å². The molecule has 32 heavy (non-hydrogen) atoms. The summed E-state index contributed by atoms with van der Waals surface area (Å²) in [6.45, 7) is 5.58. The van der Waals surface area contributed by atoms with Crippen molar-refractivity contribution in [1.82, 2.24) is 39.5 Å². The molecule has 10 nitrogen and oxygen atoms in total. The third-order valence-corrected chi connectivity index (χ3v) is 6.89. The highest BCUT2D eigenvalue weighted by Gasteiger charge is 2.40. The fourth-order valence-corrected chi connectivity index (χ4v) is 5.34. The summed E-state index contributed by atoms with van der Waals surface area (Å²) in [4.78, 5) is 16.7. The van der Waals surface area contributed by atoms with Gasteiger partial charge in [-0.1, -0.05) is 6.92 Å². The Kier molecular flexibility index (Phi) is 4.54. The zero-order valence-electron chi connectivity index (χ0n) is 18.1. The highest BCUT2D eigenvalue weighted by Crippen LogP contribution is 2.42. The number of rotatable bonds is 4. The lowest BCUT2D eigenvalue weighted by molar-refractivity contribution is 0.191. The molecule has 2 atom stereocenters. The molecule has 164 valence electrons. The Bertz CT molecular complexity index is 1270. The second-order valence-corrected chi connectivity index (χ2v) is 8.99. The minimum Gasteiger partial charge on any atom is -0.379 e. The van der Waals surface area contributed by atoms with Crippen LogP contribution in [0.15, 0.2) is 24.0 Å². The number of hydrogen-bond donors (Lipinski definition) is 0. The molecular weight excluding hydrogens is 426 g/mol. The number of anilines is 1. The van der Waals surface area contributed by atoms with E-state index < -0.39 is 0 Å². The summed E-state index contributed by atoms with van der Waals surface area (Å²) in [6, 6.07) is 0.310. The van der Waals surface area contributed by atoms with E-state index in [0.29, 0.717) is 12.4 Å². The third kappa shape index (κ3) is 2.88. The van der Waals surface area contributed by atoms with E-state index in [1.165, 1.54) is 0 Å². The summed E-state index contributed by atoms with van der Waals surface area (Å²) in [6.07, 6.45) is 7.47. The fraction of sp³-hybridized carbons (Fsp3) is 0.429. The standard InChI is InChI=1S/C21H23N9OS/c1-4-15-20-26-25-12(2)29(20)16-9-23-18(24-19(16)30(15)13-5-7-31-11-13)14-10-28(3)27-17(14)21-22-6-8-32-21/h6,8-10,13,15H,4-5,7,11H2,1-3H3. The van der Waals surface area contributed by atoms with Gasteiger partial charge < -0.3 is 9.64 Å². The molecule has 6 rings (SSSR count). The van der Waals surface area contributed by atoms with Crippen molar-refractivity contribution >= 4 is 17.2 Å². The van der Waals surface area contributed by atoms with E-state index in [0.717, 1.165) is 58.9 Å². The van der Waals surface area contributed by atoms with Crippen molar-refractivity contribution in [2.45, 2.75) is 38.8 Å². The lowest BCUT2D eigenvalue weighted by Gasteiger charge is -2.40. The van der Waals surface area contributed by atoms with Crippen molar-refractivity contribution in [1.29, 1.82) is 0 Å². The van der Waals surface area contributed by atoms with Crippen molar-refractivity contribution in [2.75, 3.05) is 18.1 Å². The Morgan fingerprint density at radius 3 is 2.91 bits per heavy atom. The molecule has 6 heterocycles. The molecule has 11 heteroatoms. The lowest BCUT2D eigenvalue weighted by Crippen LogP contribution is -2.43. The zero-order chi connectivity index (χ0) is 21.8. The second kappa shape index (κ2) is 7.45. The van der Waals surface area contributed by atoms with Crippen molar-refractivity contribution in [3.63, 3.8) is 0 Å². The average molecular weight is 450 g/mol. The first-order valence-corrected chi connectivity index (χ1v) is 11.6. The van der Waals surface area contributed by atoms with Crippen LogP contribution in [-0.2, 0) is 11.8 Å². The normalized spacial score (nSPS) is 19.9. The van der Waals surface area contributed by atoms with E-state index in [1.807, 2.05) is 31.7 Å². The fourth-order valence-electron chi connectivity index (χ4n) is 4.71. The quantitative estimate of drug-likeness (QED) is 0.469. The molecule has 0 radical (unpaired) electrons. The highest BCUT2D eigenvalue weighted by molar-refractivity contribution is 7.13. The van der Waals surface area contributed by atoms with Gasteiger partial charge in [0, 0.05) is 31.4 Å². The minimum atomic E-state index is 0.0745. The molecule has 0 N–H and O–H groups in total. The van der Waals surface area contributed by atoms with Gasteiger partial charge in [-0.3, -0.25) is 9.25 Å². The molecule has 4 aromatic rings. The van der Waals surface area contributed by atoms with E-state index in [2.05, 4.69) is 36.7 Å². The first kappa shape index (κ1) is 19.5. The van der Waals surface area contributed by atoms with Gasteiger partial charge >= 0.3 is 0 Å². The van der Waals surface area contributed by atoms with Crippen molar-refractivity contribution in [3.05, 3.63) is 35.6 Å². The lowest BCUT2D eigenvalue weighted by atomic mass is 10.0. The van der Waals surface area contributed by atoms with Gasteiger partial charge in [-0.2, -0.15) is 5.10 Å². The van der Waals surface area contributed by atoms with Crippen molar-refractivity contribution < 1.29 is 4.74 Å². The van der Waals surface area contributed by atoms with E-state index in [9.17, 15) is 0 Å². The maximum atomic E-state index is 5.75. The van der Waals surface area contributed by atoms with Gasteiger partial charge in [0.05, 0.1) is 30.5 Å². The van der Waals surface area contributed by atoms with Gasteiger partial charge in [-0.15, -0.1) is 21.5 Å². The first-order valence-electron chi connectivity index (χ1n) is 10.7. The number of fused-ring (bicyclic) bond motifs is 3. The molecule has 2 aliphatic heterocycles. The van der Waals surface area contributed by atoms with Crippen LogP contribution in [0.3, 0.4) is 0 Å². The van der Waals surface area contributed by atoms with E-state index in [1.54, 1.807) is 22.2 Å². The maximum Gasteiger partial charge on any atom is 0.165 e. The van der Waals surface area contributed by atoms with Crippen LogP contribution in [0, 0.1) is 6.92 Å². The third-order valence-electron chi connectivity index (χ3n) is 6.11. The molecule has 0 spiro atoms. The second-order valence-electron chi connectivity index (χ2n) is 8.09. The molecule has 0 saturated carbocycles. The number of nitrogens with zero attached hydrogens (tertiary/aromatic N) is 9. The van der Waals surface area contributed by atoms with Crippen LogP contribution >= 0.6 is 11.3 Å². The molecule has 0 amide bonds. The molecular formula is C21H23N9OS. The number of aromatic nitrogens is 8. The number of hydrogen-bond acceptors (Lipinski definition) is 9. The van der Waals surface area contributed by atoms with Crippen LogP contribution < -0.4 is 4.90 Å². The Morgan fingerprint density at radius 2 is 2.16 bits per heavy atom. The van der Waals surface area contributed by atoms with Crippen LogP contribution in [0.2, 0.25) is 0 Å². The molecule has 1 fully saturated rings. The predicted octanol–water partition coefficient (Wildman–Crippen LogP) is 2.95. The molecule has 1 saturated heterocycles. The highest BCUT2D eigenvalue weighted by atomic mass is 32.1. The van der Waals surface area contributed by atoms with E-state index >= 15 is 0 Å². The Morgan fingerprint density at radius 1 is 1.25 bits per heavy atom. The molecule has 2 unspecified atom stereocenters. The Hall–Kier alpha value is -3.18. The van der Waals surface area contributed by atoms with Gasteiger partial charge in [-0.05, 0) is 19.8 Å². The topological polar surface area (TPSA) is 99.7 Å². The zero-order valence-corrected chi connectivity index (χ0v) is 19.0. The minimum absolute atomic E-state index is 0.0745. The molecule has 2 aliphatic rings. The smallest absolute Gasteiger partial charge is 0.165 e. The summed E-state index contributed by atoms with van der Waals surface area (Å²) < 4.78 is 9.62. The number of aryl methyl sites for hydroxylation is 2. The SMILES string of the molecule is CCC1c2nnc(C)n2-c2cnc(-c3cn(C)nc3-c3nccs3)nc2N1C1CCOC1. The van der Waals surface area contributed by atoms with Gasteiger partial charge in [0.15, 0.2) is 17.5 Å². The van der Waals surface area contributed by atoms with Gasteiger partial charge in [0.2, 0.25) is 0 Å². The van der Waals surface area contributed by atoms with Gasteiger partial charge in [-0.25, -0.2) is 15.0 Å².